The van der Waals surface area contributed by atoms with Crippen molar-refractivity contribution in [2.75, 3.05) is 13.1 Å². The first-order valence-electron chi connectivity index (χ1n) is 9.83. The SMILES string of the molecule is CC1CCC(CCC(=O)N(Cc2ccsc2)C2CC23CCNCC3)O1. The number of nitrogens with zero attached hydrogens (tertiary/aromatic N) is 1. The Bertz CT molecular complexity index is 583. The molecule has 1 aromatic rings. The Labute approximate surface area is 154 Å². The fraction of sp³-hybridized carbons (Fsp3) is 0.750. The highest BCUT2D eigenvalue weighted by atomic mass is 32.1. The molecule has 1 aromatic heterocycles. The standard InChI is InChI=1S/C20H30N2O2S/c1-15-2-3-17(24-15)4-5-19(23)22(13-16-6-11-25-14-16)18-12-20(18)7-9-21-10-8-20/h6,11,14-15,17-18,21H,2-5,7-10,12-13H2,1H3. The van der Waals surface area contributed by atoms with Gasteiger partial charge in [-0.3, -0.25) is 4.79 Å². The second-order valence-electron chi connectivity index (χ2n) is 8.17. The van der Waals surface area contributed by atoms with Gasteiger partial charge >= 0.3 is 0 Å². The second kappa shape index (κ2) is 7.37. The summed E-state index contributed by atoms with van der Waals surface area (Å²) in [7, 11) is 0. The normalized spacial score (nSPS) is 30.5. The van der Waals surface area contributed by atoms with Gasteiger partial charge in [0.05, 0.1) is 12.2 Å². The summed E-state index contributed by atoms with van der Waals surface area (Å²) in [4.78, 5) is 15.3. The summed E-state index contributed by atoms with van der Waals surface area (Å²) in [5.74, 6) is 0.328. The molecule has 3 aliphatic rings. The summed E-state index contributed by atoms with van der Waals surface area (Å²) in [6.45, 7) is 5.12. The molecule has 1 amide bonds. The average molecular weight is 363 g/mol. The average Bonchev–Trinajstić information content (AvgIpc) is 2.99. The van der Waals surface area contributed by atoms with Crippen LogP contribution in [0, 0.1) is 5.41 Å². The third kappa shape index (κ3) is 3.93. The lowest BCUT2D eigenvalue weighted by atomic mass is 9.93. The molecule has 0 aromatic carbocycles. The molecule has 1 saturated carbocycles. The van der Waals surface area contributed by atoms with Crippen molar-refractivity contribution in [3.8, 4) is 0 Å². The lowest BCUT2D eigenvalue weighted by Crippen LogP contribution is -2.39. The first-order chi connectivity index (χ1) is 12.2. The zero-order valence-electron chi connectivity index (χ0n) is 15.2. The summed E-state index contributed by atoms with van der Waals surface area (Å²) in [6, 6.07) is 2.61. The molecule has 3 atom stereocenters. The van der Waals surface area contributed by atoms with Gasteiger partial charge < -0.3 is 15.0 Å². The van der Waals surface area contributed by atoms with Gasteiger partial charge in [-0.15, -0.1) is 0 Å². The third-order valence-electron chi connectivity index (χ3n) is 6.38. The van der Waals surface area contributed by atoms with E-state index in [-0.39, 0.29) is 6.10 Å². The molecule has 3 heterocycles. The predicted molar refractivity (Wildman–Crippen MR) is 101 cm³/mol. The molecule has 138 valence electrons. The molecule has 4 rings (SSSR count). The van der Waals surface area contributed by atoms with E-state index in [0.29, 0.717) is 29.9 Å². The minimum absolute atomic E-state index is 0.286. The number of rotatable bonds is 6. The fourth-order valence-electron chi connectivity index (χ4n) is 4.71. The van der Waals surface area contributed by atoms with Gasteiger partial charge in [0, 0.05) is 19.0 Å². The molecule has 1 N–H and O–H groups in total. The zero-order chi connectivity index (χ0) is 17.3. The molecule has 2 aliphatic heterocycles. The molecule has 5 heteroatoms. The lowest BCUT2D eigenvalue weighted by Gasteiger charge is -2.30. The highest BCUT2D eigenvalue weighted by Crippen LogP contribution is 2.56. The van der Waals surface area contributed by atoms with Crippen molar-refractivity contribution < 1.29 is 9.53 Å². The molecule has 3 unspecified atom stereocenters. The monoisotopic (exact) mass is 362 g/mol. The maximum Gasteiger partial charge on any atom is 0.223 e. The molecule has 1 aliphatic carbocycles. The number of nitrogens with one attached hydrogen (secondary N) is 1. The van der Waals surface area contributed by atoms with E-state index in [9.17, 15) is 4.79 Å². The van der Waals surface area contributed by atoms with E-state index < -0.39 is 0 Å². The summed E-state index contributed by atoms with van der Waals surface area (Å²) in [6.07, 6.45) is 8.03. The van der Waals surface area contributed by atoms with E-state index in [0.717, 1.165) is 38.9 Å². The molecule has 0 radical (unpaired) electrons. The number of ether oxygens (including phenoxy) is 1. The van der Waals surface area contributed by atoms with Crippen molar-refractivity contribution >= 4 is 17.2 Å². The van der Waals surface area contributed by atoms with Gasteiger partial charge in [-0.2, -0.15) is 11.3 Å². The van der Waals surface area contributed by atoms with Gasteiger partial charge in [0.25, 0.3) is 0 Å². The number of carbonyl (C=O) groups is 1. The minimum atomic E-state index is 0.286. The Balaban J connectivity index is 1.39. The molecule has 3 fully saturated rings. The third-order valence-corrected chi connectivity index (χ3v) is 7.11. The van der Waals surface area contributed by atoms with Gasteiger partial charge in [-0.05, 0) is 86.3 Å². The summed E-state index contributed by atoms with van der Waals surface area (Å²) in [5.41, 5.74) is 1.68. The van der Waals surface area contributed by atoms with Crippen LogP contribution < -0.4 is 5.32 Å². The number of amides is 1. The molecule has 4 nitrogen and oxygen atoms in total. The number of piperidine rings is 1. The topological polar surface area (TPSA) is 41.6 Å². The van der Waals surface area contributed by atoms with E-state index in [1.807, 2.05) is 0 Å². The largest absolute Gasteiger partial charge is 0.375 e. The summed E-state index contributed by atoms with van der Waals surface area (Å²) < 4.78 is 5.91. The predicted octanol–water partition coefficient (Wildman–Crippen LogP) is 3.57. The van der Waals surface area contributed by atoms with Gasteiger partial charge in [-0.1, -0.05) is 0 Å². The lowest BCUT2D eigenvalue weighted by molar-refractivity contribution is -0.134. The Kier molecular flexibility index (Phi) is 5.16. The molecule has 1 spiro atoms. The van der Waals surface area contributed by atoms with Crippen LogP contribution in [0.5, 0.6) is 0 Å². The Morgan fingerprint density at radius 1 is 1.40 bits per heavy atom. The van der Waals surface area contributed by atoms with Crippen LogP contribution in [0.3, 0.4) is 0 Å². The number of hydrogen-bond acceptors (Lipinski definition) is 4. The van der Waals surface area contributed by atoms with Crippen molar-refractivity contribution in [3.63, 3.8) is 0 Å². The maximum absolute atomic E-state index is 13.1. The molecular weight excluding hydrogens is 332 g/mol. The molecule has 2 saturated heterocycles. The van der Waals surface area contributed by atoms with E-state index in [2.05, 4.69) is 34.0 Å². The fourth-order valence-corrected chi connectivity index (χ4v) is 5.37. The van der Waals surface area contributed by atoms with Crippen molar-refractivity contribution in [1.82, 2.24) is 10.2 Å². The quantitative estimate of drug-likeness (QED) is 0.841. The molecule has 0 bridgehead atoms. The number of carbonyl (C=O) groups excluding carboxylic acids is 1. The Hall–Kier alpha value is -0.910. The van der Waals surface area contributed by atoms with Gasteiger partial charge in [0.15, 0.2) is 0 Å². The summed E-state index contributed by atoms with van der Waals surface area (Å²) >= 11 is 1.72. The van der Waals surface area contributed by atoms with E-state index in [1.54, 1.807) is 11.3 Å². The van der Waals surface area contributed by atoms with Gasteiger partial charge in [0.1, 0.15) is 0 Å². The van der Waals surface area contributed by atoms with Crippen LogP contribution in [0.4, 0.5) is 0 Å². The van der Waals surface area contributed by atoms with Crippen LogP contribution in [0.1, 0.15) is 57.4 Å². The van der Waals surface area contributed by atoms with Crippen LogP contribution in [0.15, 0.2) is 16.8 Å². The van der Waals surface area contributed by atoms with Crippen LogP contribution in [-0.2, 0) is 16.1 Å². The van der Waals surface area contributed by atoms with E-state index in [1.165, 1.54) is 24.8 Å². The van der Waals surface area contributed by atoms with Crippen LogP contribution in [0.2, 0.25) is 0 Å². The summed E-state index contributed by atoms with van der Waals surface area (Å²) in [5, 5.41) is 7.75. The van der Waals surface area contributed by atoms with Crippen LogP contribution in [0.25, 0.3) is 0 Å². The molecule has 25 heavy (non-hydrogen) atoms. The number of thiophene rings is 1. The first kappa shape index (κ1) is 17.5. The van der Waals surface area contributed by atoms with Crippen molar-refractivity contribution in [3.05, 3.63) is 22.4 Å². The van der Waals surface area contributed by atoms with E-state index >= 15 is 0 Å². The Morgan fingerprint density at radius 2 is 2.24 bits per heavy atom. The molecular formula is C20H30N2O2S. The van der Waals surface area contributed by atoms with E-state index in [4.69, 9.17) is 4.74 Å². The maximum atomic E-state index is 13.1. The van der Waals surface area contributed by atoms with Crippen LogP contribution >= 0.6 is 11.3 Å². The van der Waals surface area contributed by atoms with Crippen molar-refractivity contribution in [2.24, 2.45) is 5.41 Å². The first-order valence-corrected chi connectivity index (χ1v) is 10.8. The number of hydrogen-bond donors (Lipinski definition) is 1. The zero-order valence-corrected chi connectivity index (χ0v) is 16.0. The van der Waals surface area contributed by atoms with Gasteiger partial charge in [0.2, 0.25) is 5.91 Å². The minimum Gasteiger partial charge on any atom is -0.375 e. The van der Waals surface area contributed by atoms with Crippen molar-refractivity contribution in [2.45, 2.75) is 76.7 Å². The van der Waals surface area contributed by atoms with Gasteiger partial charge in [-0.25, -0.2) is 0 Å². The van der Waals surface area contributed by atoms with Crippen molar-refractivity contribution in [1.29, 1.82) is 0 Å². The van der Waals surface area contributed by atoms with Crippen LogP contribution in [-0.4, -0.2) is 42.1 Å². The Morgan fingerprint density at radius 3 is 2.92 bits per heavy atom. The second-order valence-corrected chi connectivity index (χ2v) is 8.95. The highest BCUT2D eigenvalue weighted by molar-refractivity contribution is 7.07. The highest BCUT2D eigenvalue weighted by Gasteiger charge is 2.57. The smallest absolute Gasteiger partial charge is 0.223 e.